The SMILES string of the molecule is COC(=O)C(Cc1cc(Cl)ccc1Br)NC(=O)C(O)CC(C)C. The lowest BCUT2D eigenvalue weighted by atomic mass is 10.0. The van der Waals surface area contributed by atoms with Crippen LogP contribution in [0.1, 0.15) is 25.8 Å². The van der Waals surface area contributed by atoms with Crippen molar-refractivity contribution in [1.82, 2.24) is 5.32 Å². The molecule has 0 aromatic heterocycles. The predicted octanol–water partition coefficient (Wildman–Crippen LogP) is 2.71. The molecule has 0 saturated carbocycles. The number of carbonyl (C=O) groups is 2. The summed E-state index contributed by atoms with van der Waals surface area (Å²) in [5.41, 5.74) is 0.756. The van der Waals surface area contributed by atoms with E-state index in [9.17, 15) is 14.7 Å². The first-order valence-corrected chi connectivity index (χ1v) is 8.41. The molecule has 0 aliphatic heterocycles. The monoisotopic (exact) mass is 405 g/mol. The molecule has 23 heavy (non-hydrogen) atoms. The summed E-state index contributed by atoms with van der Waals surface area (Å²) >= 11 is 9.35. The first-order chi connectivity index (χ1) is 10.7. The molecule has 7 heteroatoms. The van der Waals surface area contributed by atoms with Crippen LogP contribution in [0.15, 0.2) is 22.7 Å². The molecule has 2 unspecified atom stereocenters. The van der Waals surface area contributed by atoms with E-state index in [1.165, 1.54) is 7.11 Å². The van der Waals surface area contributed by atoms with Gasteiger partial charge in [0.05, 0.1) is 7.11 Å². The molecule has 0 spiro atoms. The van der Waals surface area contributed by atoms with E-state index in [2.05, 4.69) is 21.2 Å². The third-order valence-corrected chi connectivity index (χ3v) is 4.24. The van der Waals surface area contributed by atoms with Gasteiger partial charge >= 0.3 is 5.97 Å². The predicted molar refractivity (Wildman–Crippen MR) is 92.3 cm³/mol. The fourth-order valence-corrected chi connectivity index (χ4v) is 2.68. The zero-order chi connectivity index (χ0) is 17.6. The van der Waals surface area contributed by atoms with E-state index in [0.29, 0.717) is 11.4 Å². The Balaban J connectivity index is 2.87. The van der Waals surface area contributed by atoms with Gasteiger partial charge in [-0.1, -0.05) is 41.4 Å². The Morgan fingerprint density at radius 2 is 2.04 bits per heavy atom. The number of amides is 1. The third-order valence-electron chi connectivity index (χ3n) is 3.23. The smallest absolute Gasteiger partial charge is 0.328 e. The van der Waals surface area contributed by atoms with E-state index >= 15 is 0 Å². The van der Waals surface area contributed by atoms with Gasteiger partial charge in [0.1, 0.15) is 12.1 Å². The van der Waals surface area contributed by atoms with Crippen LogP contribution in [0.25, 0.3) is 0 Å². The molecule has 0 heterocycles. The number of halogens is 2. The zero-order valence-electron chi connectivity index (χ0n) is 13.3. The average Bonchev–Trinajstić information content (AvgIpc) is 2.48. The van der Waals surface area contributed by atoms with E-state index in [0.717, 1.165) is 10.0 Å². The molecule has 2 atom stereocenters. The number of carbonyl (C=O) groups excluding carboxylic acids is 2. The summed E-state index contributed by atoms with van der Waals surface area (Å²) in [5, 5.41) is 12.9. The van der Waals surface area contributed by atoms with Crippen LogP contribution in [-0.4, -0.2) is 36.2 Å². The van der Waals surface area contributed by atoms with Crippen LogP contribution >= 0.6 is 27.5 Å². The molecule has 2 N–H and O–H groups in total. The maximum atomic E-state index is 12.0. The maximum Gasteiger partial charge on any atom is 0.328 e. The highest BCUT2D eigenvalue weighted by molar-refractivity contribution is 9.10. The Morgan fingerprint density at radius 3 is 2.61 bits per heavy atom. The Morgan fingerprint density at radius 1 is 1.39 bits per heavy atom. The summed E-state index contributed by atoms with van der Waals surface area (Å²) in [5.74, 6) is -1.01. The van der Waals surface area contributed by atoms with Crippen molar-refractivity contribution in [2.24, 2.45) is 5.92 Å². The van der Waals surface area contributed by atoms with Crippen LogP contribution in [0.5, 0.6) is 0 Å². The molecule has 0 bridgehead atoms. The van der Waals surface area contributed by atoms with Gasteiger partial charge in [0.15, 0.2) is 0 Å². The average molecular weight is 407 g/mol. The quantitative estimate of drug-likeness (QED) is 0.683. The first-order valence-electron chi connectivity index (χ1n) is 7.24. The molecular formula is C16H21BrClNO4. The number of aliphatic hydroxyl groups excluding tert-OH is 1. The fraction of sp³-hybridized carbons (Fsp3) is 0.500. The normalized spacial score (nSPS) is 13.5. The van der Waals surface area contributed by atoms with E-state index < -0.39 is 24.0 Å². The summed E-state index contributed by atoms with van der Waals surface area (Å²) in [6, 6.07) is 4.29. The minimum absolute atomic E-state index is 0.161. The molecule has 1 aromatic carbocycles. The van der Waals surface area contributed by atoms with Gasteiger partial charge in [-0.25, -0.2) is 4.79 Å². The van der Waals surface area contributed by atoms with Crippen LogP contribution in [0.2, 0.25) is 5.02 Å². The number of methoxy groups -OCH3 is 1. The Bertz CT molecular complexity index is 565. The minimum atomic E-state index is -1.16. The van der Waals surface area contributed by atoms with Crippen LogP contribution in [0, 0.1) is 5.92 Å². The Kier molecular flexibility index (Phi) is 8.02. The lowest BCUT2D eigenvalue weighted by Crippen LogP contribution is -2.47. The number of esters is 1. The second kappa shape index (κ2) is 9.25. The maximum absolute atomic E-state index is 12.0. The number of rotatable bonds is 7. The van der Waals surface area contributed by atoms with E-state index in [4.69, 9.17) is 16.3 Å². The number of benzene rings is 1. The van der Waals surface area contributed by atoms with E-state index in [1.807, 2.05) is 13.8 Å². The summed E-state index contributed by atoms with van der Waals surface area (Å²) in [6.45, 7) is 3.80. The van der Waals surface area contributed by atoms with Crippen molar-refractivity contribution in [3.63, 3.8) is 0 Å². The molecule has 0 radical (unpaired) electrons. The fourth-order valence-electron chi connectivity index (χ4n) is 2.08. The van der Waals surface area contributed by atoms with Crippen molar-refractivity contribution in [3.05, 3.63) is 33.3 Å². The summed E-state index contributed by atoms with van der Waals surface area (Å²) in [7, 11) is 1.25. The highest BCUT2D eigenvalue weighted by atomic mass is 79.9. The van der Waals surface area contributed by atoms with Crippen molar-refractivity contribution in [1.29, 1.82) is 0 Å². The summed E-state index contributed by atoms with van der Waals surface area (Å²) in [4.78, 5) is 24.0. The van der Waals surface area contributed by atoms with Gasteiger partial charge in [-0.3, -0.25) is 4.79 Å². The lowest BCUT2D eigenvalue weighted by Gasteiger charge is -2.20. The number of aliphatic hydroxyl groups is 1. The molecule has 0 aliphatic rings. The van der Waals surface area contributed by atoms with Gasteiger partial charge < -0.3 is 15.2 Å². The van der Waals surface area contributed by atoms with Gasteiger partial charge in [-0.05, 0) is 36.1 Å². The van der Waals surface area contributed by atoms with Crippen molar-refractivity contribution in [3.8, 4) is 0 Å². The largest absolute Gasteiger partial charge is 0.467 e. The third kappa shape index (κ3) is 6.49. The van der Waals surface area contributed by atoms with Gasteiger partial charge in [0.2, 0.25) is 5.91 Å². The highest BCUT2D eigenvalue weighted by Gasteiger charge is 2.26. The molecule has 1 rings (SSSR count). The topological polar surface area (TPSA) is 75.6 Å². The summed E-state index contributed by atoms with van der Waals surface area (Å²) < 4.78 is 5.50. The van der Waals surface area contributed by atoms with Crippen LogP contribution < -0.4 is 5.32 Å². The molecule has 0 fully saturated rings. The van der Waals surface area contributed by atoms with Gasteiger partial charge in [0.25, 0.3) is 0 Å². The van der Waals surface area contributed by atoms with Crippen LogP contribution in [0.3, 0.4) is 0 Å². The Labute approximate surface area is 149 Å². The second-order valence-corrected chi connectivity index (χ2v) is 6.96. The van der Waals surface area contributed by atoms with Crippen molar-refractivity contribution in [2.75, 3.05) is 7.11 Å². The molecule has 0 saturated heterocycles. The molecule has 0 aliphatic carbocycles. The number of hydrogen-bond donors (Lipinski definition) is 2. The molecule has 5 nitrogen and oxygen atoms in total. The number of ether oxygens (including phenoxy) is 1. The van der Waals surface area contributed by atoms with E-state index in [1.54, 1.807) is 18.2 Å². The molecule has 128 valence electrons. The van der Waals surface area contributed by atoms with Gasteiger partial charge in [0, 0.05) is 15.9 Å². The first kappa shape index (κ1) is 19.9. The van der Waals surface area contributed by atoms with Crippen LogP contribution in [-0.2, 0) is 20.7 Å². The van der Waals surface area contributed by atoms with Gasteiger partial charge in [-0.15, -0.1) is 0 Å². The van der Waals surface area contributed by atoms with Gasteiger partial charge in [-0.2, -0.15) is 0 Å². The molecule has 1 amide bonds. The summed E-state index contributed by atoms with van der Waals surface area (Å²) in [6.07, 6.45) is -0.640. The minimum Gasteiger partial charge on any atom is -0.467 e. The molecule has 1 aromatic rings. The van der Waals surface area contributed by atoms with E-state index in [-0.39, 0.29) is 12.3 Å². The van der Waals surface area contributed by atoms with Crippen molar-refractivity contribution >= 4 is 39.4 Å². The highest BCUT2D eigenvalue weighted by Crippen LogP contribution is 2.22. The standard InChI is InChI=1S/C16H21BrClNO4/c1-9(2)6-14(20)15(21)19-13(16(22)23-3)8-10-7-11(18)4-5-12(10)17/h4-5,7,9,13-14,20H,6,8H2,1-3H3,(H,19,21). The number of nitrogens with one attached hydrogen (secondary N) is 1. The Hall–Kier alpha value is -1.11. The zero-order valence-corrected chi connectivity index (χ0v) is 15.6. The van der Waals surface area contributed by atoms with Crippen LogP contribution in [0.4, 0.5) is 0 Å². The van der Waals surface area contributed by atoms with Crippen molar-refractivity contribution in [2.45, 2.75) is 38.8 Å². The van der Waals surface area contributed by atoms with Crippen molar-refractivity contribution < 1.29 is 19.4 Å². The second-order valence-electron chi connectivity index (χ2n) is 5.67. The lowest BCUT2D eigenvalue weighted by molar-refractivity contribution is -0.146. The number of hydrogen-bond acceptors (Lipinski definition) is 4. The molecular weight excluding hydrogens is 386 g/mol.